The normalized spacial score (nSPS) is 15.7. The highest BCUT2D eigenvalue weighted by Crippen LogP contribution is 2.31. The molecule has 50 heavy (non-hydrogen) atoms. The average molecular weight is 682 g/mol. The number of halogens is 2. The lowest BCUT2D eigenvalue weighted by molar-refractivity contribution is -0.0660. The van der Waals surface area contributed by atoms with Crippen molar-refractivity contribution in [1.29, 1.82) is 0 Å². The summed E-state index contributed by atoms with van der Waals surface area (Å²) in [6, 6.07) is 10.9. The van der Waals surface area contributed by atoms with Crippen LogP contribution in [0.25, 0.3) is 27.6 Å². The number of aromatic nitrogens is 4. The van der Waals surface area contributed by atoms with Crippen LogP contribution in [0.2, 0.25) is 0 Å². The molecule has 2 aliphatic rings. The topological polar surface area (TPSA) is 115 Å². The van der Waals surface area contributed by atoms with E-state index in [4.69, 9.17) is 4.74 Å². The minimum absolute atomic E-state index is 0.0657. The Balaban J connectivity index is 1.20. The third kappa shape index (κ3) is 6.18. The summed E-state index contributed by atoms with van der Waals surface area (Å²) < 4.78 is 38.1. The molecule has 2 fully saturated rings. The number of ether oxygens (including phenoxy) is 1. The molecule has 5 aromatic rings. The van der Waals surface area contributed by atoms with Gasteiger partial charge in [0.25, 0.3) is 11.1 Å². The van der Waals surface area contributed by atoms with Crippen LogP contribution in [0, 0.1) is 11.6 Å². The van der Waals surface area contributed by atoms with Gasteiger partial charge in [-0.1, -0.05) is 20.8 Å². The third-order valence-corrected chi connectivity index (χ3v) is 9.50. The van der Waals surface area contributed by atoms with Crippen molar-refractivity contribution in [2.75, 3.05) is 49.6 Å². The SMILES string of the molecule is Cn1cc(-c2cc(F)cc(-n3ncc4cc(C(C)(C)C)cc(F)c4c3=O)c2C=O)cc(Nc2ccc(N3CCN(C4COC4)CC3)cn2)c1=O. The molecule has 13 heteroatoms. The molecule has 1 N–H and O–H groups in total. The van der Waals surface area contributed by atoms with E-state index in [-0.39, 0.29) is 44.2 Å². The van der Waals surface area contributed by atoms with E-state index in [1.54, 1.807) is 18.3 Å². The Morgan fingerprint density at radius 2 is 1.72 bits per heavy atom. The molecule has 11 nitrogen and oxygen atoms in total. The van der Waals surface area contributed by atoms with Crippen LogP contribution in [0.5, 0.6) is 0 Å². The molecule has 0 spiro atoms. The van der Waals surface area contributed by atoms with Gasteiger partial charge in [0.05, 0.1) is 48.4 Å². The molecule has 0 radical (unpaired) electrons. The fourth-order valence-corrected chi connectivity index (χ4v) is 6.49. The van der Waals surface area contributed by atoms with Crippen molar-refractivity contribution in [1.82, 2.24) is 24.2 Å². The molecule has 7 rings (SSSR count). The van der Waals surface area contributed by atoms with E-state index in [1.165, 1.54) is 36.1 Å². The summed E-state index contributed by atoms with van der Waals surface area (Å²) in [5.41, 5.74) is 0.398. The quantitative estimate of drug-likeness (QED) is 0.242. The van der Waals surface area contributed by atoms with Gasteiger partial charge in [0.15, 0.2) is 6.29 Å². The summed E-state index contributed by atoms with van der Waals surface area (Å²) in [5.74, 6) is -1.08. The Bertz CT molecular complexity index is 2230. The molecule has 0 atom stereocenters. The molecule has 0 bridgehead atoms. The maximum absolute atomic E-state index is 15.4. The van der Waals surface area contributed by atoms with E-state index >= 15 is 8.78 Å². The zero-order chi connectivity index (χ0) is 35.3. The third-order valence-electron chi connectivity index (χ3n) is 9.50. The lowest BCUT2D eigenvalue weighted by Crippen LogP contribution is -2.56. The number of carbonyl (C=O) groups excluding carboxylic acids is 1. The first kappa shape index (κ1) is 33.2. The van der Waals surface area contributed by atoms with Crippen molar-refractivity contribution in [2.24, 2.45) is 7.05 Å². The van der Waals surface area contributed by atoms with Crippen molar-refractivity contribution >= 4 is 34.3 Å². The van der Waals surface area contributed by atoms with E-state index in [0.717, 1.165) is 61.9 Å². The van der Waals surface area contributed by atoms with Gasteiger partial charge in [-0.2, -0.15) is 9.78 Å². The van der Waals surface area contributed by atoms with Crippen LogP contribution < -0.4 is 21.3 Å². The lowest BCUT2D eigenvalue weighted by atomic mass is 9.86. The lowest BCUT2D eigenvalue weighted by Gasteiger charge is -2.43. The van der Waals surface area contributed by atoms with Gasteiger partial charge in [0, 0.05) is 62.0 Å². The largest absolute Gasteiger partial charge is 0.378 e. The number of nitrogens with zero attached hydrogens (tertiary/aromatic N) is 6. The fourth-order valence-electron chi connectivity index (χ4n) is 6.49. The molecule has 3 aromatic heterocycles. The van der Waals surface area contributed by atoms with Crippen molar-refractivity contribution < 1.29 is 18.3 Å². The zero-order valence-corrected chi connectivity index (χ0v) is 28.2. The van der Waals surface area contributed by atoms with Crippen molar-refractivity contribution in [3.8, 4) is 16.8 Å². The van der Waals surface area contributed by atoms with E-state index < -0.39 is 17.2 Å². The zero-order valence-electron chi connectivity index (χ0n) is 28.2. The molecule has 0 saturated carbocycles. The van der Waals surface area contributed by atoms with Gasteiger partial charge in [-0.15, -0.1) is 0 Å². The van der Waals surface area contributed by atoms with Gasteiger partial charge in [-0.25, -0.2) is 13.8 Å². The molecule has 2 saturated heterocycles. The molecule has 0 unspecified atom stereocenters. The molecule has 5 heterocycles. The Kier molecular flexibility index (Phi) is 8.56. The fraction of sp³-hybridized carbons (Fsp3) is 0.324. The highest BCUT2D eigenvalue weighted by molar-refractivity contribution is 5.93. The standard InChI is InChI=1S/C37H37F2N7O4/c1-37(2,3)24-11-22-16-41-46(36(49)34(22)30(39)13-24)32-15-25(38)14-28(29(32)19-47)23-12-31(35(48)43(4)18-23)42-33-6-5-26(17-40-33)44-7-9-45(10-8-44)27-20-50-21-27/h5-6,11-19,27H,7-10,20-21H2,1-4H3,(H,40,42). The number of benzene rings is 2. The molecule has 0 amide bonds. The number of fused-ring (bicyclic) bond motifs is 1. The molecule has 258 valence electrons. The minimum atomic E-state index is -0.840. The second kappa shape index (κ2) is 12.9. The number of rotatable bonds is 7. The maximum atomic E-state index is 15.4. The number of hydrogen-bond acceptors (Lipinski definition) is 9. The predicted octanol–water partition coefficient (Wildman–Crippen LogP) is 4.80. The van der Waals surface area contributed by atoms with Crippen molar-refractivity contribution in [2.45, 2.75) is 32.2 Å². The second-order valence-corrected chi connectivity index (χ2v) is 13.8. The number of hydrogen-bond donors (Lipinski definition) is 1. The molecular formula is C37H37F2N7O4. The van der Waals surface area contributed by atoms with Crippen LogP contribution >= 0.6 is 0 Å². The maximum Gasteiger partial charge on any atom is 0.282 e. The highest BCUT2D eigenvalue weighted by Gasteiger charge is 2.29. The monoisotopic (exact) mass is 681 g/mol. The summed E-state index contributed by atoms with van der Waals surface area (Å²) in [4.78, 5) is 48.7. The van der Waals surface area contributed by atoms with Gasteiger partial charge in [-0.3, -0.25) is 19.3 Å². The number of carbonyl (C=O) groups is 1. The van der Waals surface area contributed by atoms with Gasteiger partial charge < -0.3 is 19.5 Å². The first-order chi connectivity index (χ1) is 23.9. The summed E-state index contributed by atoms with van der Waals surface area (Å²) in [5, 5.41) is 7.34. The average Bonchev–Trinajstić information content (AvgIpc) is 3.06. The van der Waals surface area contributed by atoms with Crippen molar-refractivity contribution in [3.05, 3.63) is 105 Å². The Labute approximate surface area is 286 Å². The minimum Gasteiger partial charge on any atom is -0.378 e. The molecule has 0 aliphatic carbocycles. The number of anilines is 3. The van der Waals surface area contributed by atoms with Crippen LogP contribution in [0.3, 0.4) is 0 Å². The van der Waals surface area contributed by atoms with Gasteiger partial charge in [0.1, 0.15) is 23.1 Å². The molecule has 2 aromatic carbocycles. The van der Waals surface area contributed by atoms with Crippen LogP contribution in [0.1, 0.15) is 36.7 Å². The highest BCUT2D eigenvalue weighted by atomic mass is 19.1. The first-order valence-corrected chi connectivity index (χ1v) is 16.4. The number of aryl methyl sites for hydroxylation is 1. The van der Waals surface area contributed by atoms with Gasteiger partial charge >= 0.3 is 0 Å². The smallest absolute Gasteiger partial charge is 0.282 e. The molecule has 2 aliphatic heterocycles. The summed E-state index contributed by atoms with van der Waals surface area (Å²) in [7, 11) is 1.54. The van der Waals surface area contributed by atoms with E-state index in [0.29, 0.717) is 29.3 Å². The molecular weight excluding hydrogens is 644 g/mol. The van der Waals surface area contributed by atoms with Crippen molar-refractivity contribution in [3.63, 3.8) is 0 Å². The van der Waals surface area contributed by atoms with E-state index in [2.05, 4.69) is 25.2 Å². The van der Waals surface area contributed by atoms with Crippen LogP contribution in [-0.2, 0) is 17.2 Å². The summed E-state index contributed by atoms with van der Waals surface area (Å²) >= 11 is 0. The van der Waals surface area contributed by atoms with Crippen LogP contribution in [0.4, 0.5) is 26.0 Å². The van der Waals surface area contributed by atoms with E-state index in [9.17, 15) is 14.4 Å². The predicted molar refractivity (Wildman–Crippen MR) is 188 cm³/mol. The summed E-state index contributed by atoms with van der Waals surface area (Å²) in [6.45, 7) is 11.0. The number of pyridine rings is 2. The van der Waals surface area contributed by atoms with Crippen LogP contribution in [0.15, 0.2) is 70.6 Å². The van der Waals surface area contributed by atoms with Gasteiger partial charge in [0.2, 0.25) is 0 Å². The Morgan fingerprint density at radius 3 is 2.36 bits per heavy atom. The summed E-state index contributed by atoms with van der Waals surface area (Å²) in [6.07, 6.45) is 5.03. The van der Waals surface area contributed by atoms with Gasteiger partial charge in [-0.05, 0) is 52.9 Å². The first-order valence-electron chi connectivity index (χ1n) is 16.4. The van der Waals surface area contributed by atoms with E-state index in [1.807, 2.05) is 26.8 Å². The number of nitrogens with one attached hydrogen (secondary N) is 1. The van der Waals surface area contributed by atoms with Crippen LogP contribution in [-0.4, -0.2) is 76.0 Å². The number of aldehydes is 1. The Hall–Kier alpha value is -5.27. The number of piperazine rings is 1. The Morgan fingerprint density at radius 1 is 0.960 bits per heavy atom. The second-order valence-electron chi connectivity index (χ2n) is 13.8.